The molecule has 1 aromatic carbocycles. The number of carbonyl (C=O) groups is 3. The lowest BCUT2D eigenvalue weighted by Gasteiger charge is -2.04. The summed E-state index contributed by atoms with van der Waals surface area (Å²) < 4.78 is 0. The van der Waals surface area contributed by atoms with Crippen molar-refractivity contribution in [3.63, 3.8) is 0 Å². The van der Waals surface area contributed by atoms with Crippen LogP contribution in [0.2, 0.25) is 0 Å². The summed E-state index contributed by atoms with van der Waals surface area (Å²) in [6, 6.07) is 3.26. The van der Waals surface area contributed by atoms with E-state index in [0.717, 1.165) is 18.2 Å². The van der Waals surface area contributed by atoms with Crippen LogP contribution in [-0.2, 0) is 11.2 Å². The average molecular weight is 224 g/mol. The van der Waals surface area contributed by atoms with Crippen LogP contribution in [0, 0.1) is 0 Å². The smallest absolute Gasteiger partial charge is 0.335 e. The molecule has 1 rings (SSSR count). The molecular formula is C10H8O6. The van der Waals surface area contributed by atoms with Gasteiger partial charge >= 0.3 is 17.9 Å². The van der Waals surface area contributed by atoms with Gasteiger partial charge in [-0.1, -0.05) is 0 Å². The number of benzene rings is 1. The zero-order valence-electron chi connectivity index (χ0n) is 8.01. The molecule has 0 spiro atoms. The second kappa shape index (κ2) is 4.43. The van der Waals surface area contributed by atoms with Crippen molar-refractivity contribution >= 4 is 17.9 Å². The quantitative estimate of drug-likeness (QED) is 0.694. The third-order valence-electron chi connectivity index (χ3n) is 1.92. The van der Waals surface area contributed by atoms with Crippen LogP contribution in [0.1, 0.15) is 26.3 Å². The maximum Gasteiger partial charge on any atom is 0.335 e. The zero-order valence-corrected chi connectivity index (χ0v) is 8.01. The summed E-state index contributed by atoms with van der Waals surface area (Å²) >= 11 is 0. The summed E-state index contributed by atoms with van der Waals surface area (Å²) in [5.74, 6) is -3.73. The Morgan fingerprint density at radius 3 is 2.06 bits per heavy atom. The Hall–Kier alpha value is -2.37. The van der Waals surface area contributed by atoms with E-state index in [4.69, 9.17) is 15.3 Å². The summed E-state index contributed by atoms with van der Waals surface area (Å²) in [6.45, 7) is 0. The Morgan fingerprint density at radius 2 is 1.62 bits per heavy atom. The molecule has 0 saturated heterocycles. The molecular weight excluding hydrogens is 216 g/mol. The van der Waals surface area contributed by atoms with Gasteiger partial charge in [0.2, 0.25) is 0 Å². The van der Waals surface area contributed by atoms with E-state index in [2.05, 4.69) is 0 Å². The van der Waals surface area contributed by atoms with Crippen molar-refractivity contribution in [3.05, 3.63) is 34.9 Å². The molecule has 0 aromatic heterocycles. The van der Waals surface area contributed by atoms with Crippen molar-refractivity contribution in [1.82, 2.24) is 0 Å². The zero-order chi connectivity index (χ0) is 12.3. The van der Waals surface area contributed by atoms with Gasteiger partial charge in [-0.05, 0) is 23.8 Å². The van der Waals surface area contributed by atoms with E-state index in [1.165, 1.54) is 0 Å². The number of aliphatic carboxylic acids is 1. The average Bonchev–Trinajstić information content (AvgIpc) is 2.15. The van der Waals surface area contributed by atoms with Crippen molar-refractivity contribution in [3.8, 4) is 0 Å². The highest BCUT2D eigenvalue weighted by molar-refractivity contribution is 5.94. The van der Waals surface area contributed by atoms with Gasteiger partial charge in [-0.25, -0.2) is 9.59 Å². The molecule has 0 radical (unpaired) electrons. The SMILES string of the molecule is O=C(O)Cc1cc(C(=O)O)ccc1C(=O)O. The molecule has 6 heteroatoms. The monoisotopic (exact) mass is 224 g/mol. The van der Waals surface area contributed by atoms with Crippen LogP contribution < -0.4 is 0 Å². The molecule has 0 saturated carbocycles. The third-order valence-corrected chi connectivity index (χ3v) is 1.92. The van der Waals surface area contributed by atoms with Gasteiger partial charge in [0, 0.05) is 0 Å². The lowest BCUT2D eigenvalue weighted by atomic mass is 10.0. The van der Waals surface area contributed by atoms with Gasteiger partial charge in [0.15, 0.2) is 0 Å². The topological polar surface area (TPSA) is 112 Å². The molecule has 0 unspecified atom stereocenters. The standard InChI is InChI=1S/C10H8O6/c11-8(12)4-6-3-5(9(13)14)1-2-7(6)10(15)16/h1-3H,4H2,(H,11,12)(H,13,14)(H,15,16). The van der Waals surface area contributed by atoms with E-state index >= 15 is 0 Å². The van der Waals surface area contributed by atoms with Crippen molar-refractivity contribution in [2.45, 2.75) is 6.42 Å². The Bertz CT molecular complexity index is 462. The van der Waals surface area contributed by atoms with Gasteiger partial charge in [-0.3, -0.25) is 4.79 Å². The minimum atomic E-state index is -1.28. The number of hydrogen-bond acceptors (Lipinski definition) is 3. The molecule has 84 valence electrons. The second-order valence-corrected chi connectivity index (χ2v) is 3.05. The molecule has 0 aliphatic rings. The summed E-state index contributed by atoms with van der Waals surface area (Å²) in [4.78, 5) is 31.9. The van der Waals surface area contributed by atoms with E-state index in [1.807, 2.05) is 0 Å². The van der Waals surface area contributed by atoms with Crippen molar-refractivity contribution in [2.75, 3.05) is 0 Å². The highest BCUT2D eigenvalue weighted by Crippen LogP contribution is 2.13. The number of rotatable bonds is 4. The highest BCUT2D eigenvalue weighted by Gasteiger charge is 2.15. The van der Waals surface area contributed by atoms with Crippen molar-refractivity contribution in [2.24, 2.45) is 0 Å². The summed E-state index contributed by atoms with van der Waals surface area (Å²) in [5.41, 5.74) is -0.367. The molecule has 0 aliphatic carbocycles. The molecule has 16 heavy (non-hydrogen) atoms. The molecule has 0 aliphatic heterocycles. The van der Waals surface area contributed by atoms with Crippen LogP contribution in [0.15, 0.2) is 18.2 Å². The first kappa shape index (κ1) is 11.7. The number of carboxylic acids is 3. The summed E-state index contributed by atoms with van der Waals surface area (Å²) in [6.07, 6.45) is -0.525. The first-order valence-electron chi connectivity index (χ1n) is 4.23. The lowest BCUT2D eigenvalue weighted by molar-refractivity contribution is -0.136. The molecule has 0 fully saturated rings. The Morgan fingerprint density at radius 1 is 1.00 bits per heavy atom. The molecule has 6 nitrogen and oxygen atoms in total. The van der Waals surface area contributed by atoms with E-state index < -0.39 is 24.3 Å². The fourth-order valence-electron chi connectivity index (χ4n) is 1.24. The molecule has 3 N–H and O–H groups in total. The predicted octanol–water partition coefficient (Wildman–Crippen LogP) is 0.710. The van der Waals surface area contributed by atoms with Gasteiger partial charge < -0.3 is 15.3 Å². The fourth-order valence-corrected chi connectivity index (χ4v) is 1.24. The van der Waals surface area contributed by atoms with Gasteiger partial charge in [-0.15, -0.1) is 0 Å². The molecule has 0 bridgehead atoms. The lowest BCUT2D eigenvalue weighted by Crippen LogP contribution is -2.09. The molecule has 0 heterocycles. The van der Waals surface area contributed by atoms with E-state index in [1.54, 1.807) is 0 Å². The van der Waals surface area contributed by atoms with Gasteiger partial charge in [0.05, 0.1) is 17.5 Å². The van der Waals surface area contributed by atoms with Crippen LogP contribution in [0.3, 0.4) is 0 Å². The van der Waals surface area contributed by atoms with Crippen molar-refractivity contribution < 1.29 is 29.7 Å². The Balaban J connectivity index is 3.26. The van der Waals surface area contributed by atoms with Gasteiger partial charge in [0.1, 0.15) is 0 Å². The van der Waals surface area contributed by atoms with Gasteiger partial charge in [-0.2, -0.15) is 0 Å². The normalized spacial score (nSPS) is 9.75. The van der Waals surface area contributed by atoms with Crippen LogP contribution in [0.25, 0.3) is 0 Å². The number of hydrogen-bond donors (Lipinski definition) is 3. The fraction of sp³-hybridized carbons (Fsp3) is 0.100. The second-order valence-electron chi connectivity index (χ2n) is 3.05. The predicted molar refractivity (Wildman–Crippen MR) is 51.7 cm³/mol. The minimum Gasteiger partial charge on any atom is -0.481 e. The Kier molecular flexibility index (Phi) is 3.24. The summed E-state index contributed by atoms with van der Waals surface area (Å²) in [5, 5.41) is 26.0. The molecule has 1 aromatic rings. The number of aromatic carboxylic acids is 2. The van der Waals surface area contributed by atoms with E-state index in [0.29, 0.717) is 0 Å². The first-order chi connectivity index (χ1) is 7.41. The third kappa shape index (κ3) is 2.57. The highest BCUT2D eigenvalue weighted by atomic mass is 16.4. The van der Waals surface area contributed by atoms with Crippen molar-refractivity contribution in [1.29, 1.82) is 0 Å². The van der Waals surface area contributed by atoms with Crippen LogP contribution in [0.5, 0.6) is 0 Å². The van der Waals surface area contributed by atoms with E-state index in [-0.39, 0.29) is 16.7 Å². The largest absolute Gasteiger partial charge is 0.481 e. The first-order valence-corrected chi connectivity index (χ1v) is 4.23. The molecule has 0 atom stereocenters. The molecule has 0 amide bonds. The Labute approximate surface area is 89.8 Å². The maximum atomic E-state index is 10.7. The van der Waals surface area contributed by atoms with Crippen LogP contribution in [0.4, 0.5) is 0 Å². The van der Waals surface area contributed by atoms with E-state index in [9.17, 15) is 14.4 Å². The number of carboxylic acid groups (broad SMARTS) is 3. The maximum absolute atomic E-state index is 10.7. The van der Waals surface area contributed by atoms with Crippen LogP contribution >= 0.6 is 0 Å². The van der Waals surface area contributed by atoms with Gasteiger partial charge in [0.25, 0.3) is 0 Å². The summed E-state index contributed by atoms with van der Waals surface area (Å²) in [7, 11) is 0. The van der Waals surface area contributed by atoms with Crippen LogP contribution in [-0.4, -0.2) is 33.2 Å². The minimum absolute atomic E-state index is 0.0279.